The number of aromatic amines is 1. The molecule has 21 heavy (non-hydrogen) atoms. The van der Waals surface area contributed by atoms with E-state index in [1.807, 2.05) is 30.3 Å². The maximum atomic E-state index is 5.31. The maximum absolute atomic E-state index is 5.31. The van der Waals surface area contributed by atoms with Crippen molar-refractivity contribution in [3.05, 3.63) is 49.6 Å². The number of rotatable bonds is 2. The summed E-state index contributed by atoms with van der Waals surface area (Å²) >= 11 is 12.4. The van der Waals surface area contributed by atoms with Gasteiger partial charge < -0.3 is 4.98 Å². The Bertz CT molecular complexity index is 890. The second-order valence-corrected chi connectivity index (χ2v) is 6.58. The Morgan fingerprint density at radius 2 is 1.95 bits per heavy atom. The third-order valence-corrected chi connectivity index (χ3v) is 5.21. The summed E-state index contributed by atoms with van der Waals surface area (Å²) < 4.78 is 2.28. The van der Waals surface area contributed by atoms with Crippen molar-refractivity contribution >= 4 is 55.0 Å². The first-order chi connectivity index (χ1) is 10.1. The van der Waals surface area contributed by atoms with E-state index in [2.05, 4.69) is 53.7 Å². The largest absolute Gasteiger partial charge is 0.341 e. The van der Waals surface area contributed by atoms with E-state index in [1.165, 1.54) is 0 Å². The molecule has 0 aliphatic carbocycles. The van der Waals surface area contributed by atoms with Crippen LogP contribution in [-0.2, 0) is 6.42 Å². The van der Waals surface area contributed by atoms with Crippen molar-refractivity contribution in [1.29, 1.82) is 0 Å². The molecule has 0 fully saturated rings. The highest BCUT2D eigenvalue weighted by Crippen LogP contribution is 2.29. The molecular weight excluding hydrogens is 414 g/mol. The number of benzene rings is 1. The number of fused-ring (bicyclic) bond motifs is 1. The molecule has 1 aromatic carbocycles. The van der Waals surface area contributed by atoms with E-state index in [4.69, 9.17) is 12.2 Å². The van der Waals surface area contributed by atoms with E-state index in [9.17, 15) is 0 Å². The van der Waals surface area contributed by atoms with Crippen molar-refractivity contribution < 1.29 is 0 Å². The van der Waals surface area contributed by atoms with E-state index in [1.54, 1.807) is 0 Å². The minimum atomic E-state index is 0.544. The Kier molecular flexibility index (Phi) is 4.19. The molecule has 0 saturated carbocycles. The molecule has 0 unspecified atom stereocenters. The molecule has 0 saturated heterocycles. The number of nitrogens with zero attached hydrogens (tertiary/aromatic N) is 2. The van der Waals surface area contributed by atoms with Crippen molar-refractivity contribution in [2.75, 3.05) is 0 Å². The Labute approximate surface area is 144 Å². The van der Waals surface area contributed by atoms with Crippen LogP contribution in [0.3, 0.4) is 0 Å². The first kappa shape index (κ1) is 14.8. The van der Waals surface area contributed by atoms with Gasteiger partial charge in [-0.05, 0) is 50.4 Å². The van der Waals surface area contributed by atoms with Gasteiger partial charge in [-0.2, -0.15) is 0 Å². The van der Waals surface area contributed by atoms with Crippen molar-refractivity contribution in [3.63, 3.8) is 0 Å². The third kappa shape index (κ3) is 2.80. The zero-order chi connectivity index (χ0) is 15.0. The monoisotopic (exact) mass is 423 g/mol. The molecule has 106 valence electrons. The van der Waals surface area contributed by atoms with E-state index < -0.39 is 0 Å². The number of aryl methyl sites for hydroxylation is 1. The predicted octanol–water partition coefficient (Wildman–Crippen LogP) is 5.44. The highest BCUT2D eigenvalue weighted by atomic mass is 79.9. The van der Waals surface area contributed by atoms with Gasteiger partial charge in [-0.15, -0.1) is 0 Å². The molecule has 3 rings (SSSR count). The number of pyridine rings is 1. The van der Waals surface area contributed by atoms with E-state index in [-0.39, 0.29) is 0 Å². The third-order valence-electron chi connectivity index (χ3n) is 3.19. The quantitative estimate of drug-likeness (QED) is 0.556. The summed E-state index contributed by atoms with van der Waals surface area (Å²) in [6, 6.07) is 10.0. The number of nitrogens with one attached hydrogen (secondary N) is 1. The molecule has 1 N–H and O–H groups in total. The topological polar surface area (TPSA) is 41.6 Å². The van der Waals surface area contributed by atoms with Gasteiger partial charge >= 0.3 is 0 Å². The first-order valence-corrected chi connectivity index (χ1v) is 8.44. The number of H-pyrrole nitrogens is 1. The maximum Gasteiger partial charge on any atom is 0.159 e. The average Bonchev–Trinajstić information content (AvgIpc) is 2.49. The Morgan fingerprint density at radius 1 is 1.19 bits per heavy atom. The second kappa shape index (κ2) is 5.94. The zero-order valence-corrected chi connectivity index (χ0v) is 15.1. The van der Waals surface area contributed by atoms with Crippen LogP contribution in [0.1, 0.15) is 12.6 Å². The van der Waals surface area contributed by atoms with E-state index in [0.717, 1.165) is 37.7 Å². The summed E-state index contributed by atoms with van der Waals surface area (Å²) in [6.07, 6.45) is 0.838. The van der Waals surface area contributed by atoms with Gasteiger partial charge in [0.15, 0.2) is 5.82 Å². The minimum absolute atomic E-state index is 0.544. The molecule has 0 aliphatic rings. The van der Waals surface area contributed by atoms with Crippen molar-refractivity contribution in [2.45, 2.75) is 13.3 Å². The number of hydrogen-bond donors (Lipinski definition) is 1. The van der Waals surface area contributed by atoms with E-state index in [0.29, 0.717) is 10.5 Å². The molecule has 3 nitrogen and oxygen atoms in total. The van der Waals surface area contributed by atoms with Crippen LogP contribution in [0.4, 0.5) is 0 Å². The molecule has 0 spiro atoms. The molecule has 2 aromatic heterocycles. The molecule has 0 aliphatic heterocycles. The molecule has 3 aromatic rings. The summed E-state index contributed by atoms with van der Waals surface area (Å²) in [4.78, 5) is 12.4. The Balaban J connectivity index is 2.27. The standard InChI is InChI=1S/C15H11Br2N3S/c1-2-10-12(17)15(21)20-14(19-10)13-9(16)7-8-5-3-4-6-11(8)18-13/h3-7H,2H2,1H3,(H,19,20,21). The lowest BCUT2D eigenvalue weighted by atomic mass is 10.2. The van der Waals surface area contributed by atoms with Gasteiger partial charge in [0, 0.05) is 15.6 Å². The predicted molar refractivity (Wildman–Crippen MR) is 94.9 cm³/mol. The number of para-hydroxylation sites is 1. The first-order valence-electron chi connectivity index (χ1n) is 6.44. The van der Waals surface area contributed by atoms with Gasteiger partial charge in [0.2, 0.25) is 0 Å². The van der Waals surface area contributed by atoms with Crippen LogP contribution < -0.4 is 0 Å². The normalized spacial score (nSPS) is 11.0. The number of halogens is 2. The van der Waals surface area contributed by atoms with Crippen LogP contribution >= 0.6 is 44.1 Å². The van der Waals surface area contributed by atoms with Crippen LogP contribution in [0, 0.1) is 4.64 Å². The van der Waals surface area contributed by atoms with Gasteiger partial charge in [0.25, 0.3) is 0 Å². The fourth-order valence-electron chi connectivity index (χ4n) is 2.12. The summed E-state index contributed by atoms with van der Waals surface area (Å²) in [5.74, 6) is 0.678. The summed E-state index contributed by atoms with van der Waals surface area (Å²) in [6.45, 7) is 2.07. The molecular formula is C15H11Br2N3S. The van der Waals surface area contributed by atoms with Crippen molar-refractivity contribution in [3.8, 4) is 11.5 Å². The highest BCUT2D eigenvalue weighted by Gasteiger charge is 2.12. The lowest BCUT2D eigenvalue weighted by Crippen LogP contribution is -1.99. The fraction of sp³-hybridized carbons (Fsp3) is 0.133. The molecule has 0 amide bonds. The van der Waals surface area contributed by atoms with Crippen molar-refractivity contribution in [1.82, 2.24) is 15.0 Å². The SMILES string of the molecule is CCc1[nH]c(-c2nc3ccccc3cc2Br)nc(=S)c1Br. The summed E-state index contributed by atoms with van der Waals surface area (Å²) in [7, 11) is 0. The Morgan fingerprint density at radius 3 is 2.71 bits per heavy atom. The molecule has 0 radical (unpaired) electrons. The molecule has 0 bridgehead atoms. The van der Waals surface area contributed by atoms with Gasteiger partial charge in [0.05, 0.1) is 9.99 Å². The van der Waals surface area contributed by atoms with Crippen LogP contribution in [0.25, 0.3) is 22.4 Å². The highest BCUT2D eigenvalue weighted by molar-refractivity contribution is 9.11. The van der Waals surface area contributed by atoms with Crippen LogP contribution in [0.2, 0.25) is 0 Å². The average molecular weight is 425 g/mol. The van der Waals surface area contributed by atoms with Gasteiger partial charge in [-0.1, -0.05) is 37.3 Å². The van der Waals surface area contributed by atoms with Crippen molar-refractivity contribution in [2.24, 2.45) is 0 Å². The van der Waals surface area contributed by atoms with Gasteiger partial charge in [-0.3, -0.25) is 0 Å². The summed E-state index contributed by atoms with van der Waals surface area (Å²) in [5, 5.41) is 1.08. The van der Waals surface area contributed by atoms with Crippen LogP contribution in [0.15, 0.2) is 39.3 Å². The smallest absolute Gasteiger partial charge is 0.159 e. The zero-order valence-electron chi connectivity index (χ0n) is 11.2. The fourth-order valence-corrected chi connectivity index (χ4v) is 3.32. The molecule has 2 heterocycles. The lowest BCUT2D eigenvalue weighted by molar-refractivity contribution is 0.977. The molecule has 6 heteroatoms. The van der Waals surface area contributed by atoms with Gasteiger partial charge in [0.1, 0.15) is 10.3 Å². The minimum Gasteiger partial charge on any atom is -0.341 e. The molecule has 0 atom stereocenters. The summed E-state index contributed by atoms with van der Waals surface area (Å²) in [5.41, 5.74) is 2.71. The van der Waals surface area contributed by atoms with Crippen LogP contribution in [-0.4, -0.2) is 15.0 Å². The lowest BCUT2D eigenvalue weighted by Gasteiger charge is -2.09. The van der Waals surface area contributed by atoms with Crippen LogP contribution in [0.5, 0.6) is 0 Å². The number of aromatic nitrogens is 3. The Hall–Kier alpha value is -1.11. The van der Waals surface area contributed by atoms with E-state index >= 15 is 0 Å². The number of hydrogen-bond acceptors (Lipinski definition) is 3. The van der Waals surface area contributed by atoms with Gasteiger partial charge in [-0.25, -0.2) is 9.97 Å². The second-order valence-electron chi connectivity index (χ2n) is 4.55.